The van der Waals surface area contributed by atoms with Gasteiger partial charge in [0, 0.05) is 14.1 Å². The zero-order valence-electron chi connectivity index (χ0n) is 15.1. The minimum Gasteiger partial charge on any atom is -0.489 e. The van der Waals surface area contributed by atoms with Gasteiger partial charge >= 0.3 is 5.97 Å². The zero-order valence-corrected chi connectivity index (χ0v) is 15.1. The van der Waals surface area contributed by atoms with Crippen LogP contribution < -0.4 is 15.2 Å². The summed E-state index contributed by atoms with van der Waals surface area (Å²) in [6, 6.07) is 9.78. The molecule has 0 aliphatic heterocycles. The molecule has 0 aliphatic rings. The van der Waals surface area contributed by atoms with E-state index in [1.807, 2.05) is 49.2 Å². The van der Waals surface area contributed by atoms with Gasteiger partial charge in [-0.1, -0.05) is 30.3 Å². The Balaban J connectivity index is 2.53. The van der Waals surface area contributed by atoms with Crippen LogP contribution in [0.15, 0.2) is 35.1 Å². The van der Waals surface area contributed by atoms with Gasteiger partial charge < -0.3 is 14.4 Å². The maximum Gasteiger partial charge on any atom is 0.361 e. The number of hydrogen-bond acceptors (Lipinski definition) is 6. The number of esters is 1. The van der Waals surface area contributed by atoms with Gasteiger partial charge in [0.2, 0.25) is 11.7 Å². The highest BCUT2D eigenvalue weighted by molar-refractivity contribution is 5.90. The summed E-state index contributed by atoms with van der Waals surface area (Å²) in [6.07, 6.45) is 0. The molecule has 0 saturated carbocycles. The number of methoxy groups -OCH3 is 1. The van der Waals surface area contributed by atoms with Crippen molar-refractivity contribution in [1.82, 2.24) is 9.55 Å². The molecule has 1 aromatic heterocycles. The highest BCUT2D eigenvalue weighted by atomic mass is 16.5. The zero-order chi connectivity index (χ0) is 18.6. The Morgan fingerprint density at radius 1 is 1.32 bits per heavy atom. The Bertz CT molecular complexity index is 802. The number of carbonyl (C=O) groups excluding carboxylic acids is 1. The molecule has 7 heteroatoms. The second-order valence-electron chi connectivity index (χ2n) is 5.58. The topological polar surface area (TPSA) is 73.7 Å². The summed E-state index contributed by atoms with van der Waals surface area (Å²) in [5.41, 5.74) is 0.505. The fraction of sp³-hybridized carbons (Fsp3) is 0.389. The summed E-state index contributed by atoms with van der Waals surface area (Å²) in [5, 5.41) is 0. The maximum absolute atomic E-state index is 12.6. The molecule has 1 heterocycles. The van der Waals surface area contributed by atoms with Crippen LogP contribution in [-0.2, 0) is 11.8 Å². The molecule has 0 unspecified atom stereocenters. The fourth-order valence-corrected chi connectivity index (χ4v) is 2.54. The molecule has 25 heavy (non-hydrogen) atoms. The molecular formula is C18H23N3O4. The molecule has 2 rings (SSSR count). The second kappa shape index (κ2) is 7.83. The van der Waals surface area contributed by atoms with E-state index < -0.39 is 11.5 Å². The van der Waals surface area contributed by atoms with E-state index in [4.69, 9.17) is 9.47 Å². The van der Waals surface area contributed by atoms with Crippen LogP contribution >= 0.6 is 0 Å². The first kappa shape index (κ1) is 18.5. The predicted octanol–water partition coefficient (Wildman–Crippen LogP) is 2.16. The summed E-state index contributed by atoms with van der Waals surface area (Å²) < 4.78 is 11.4. The molecule has 0 aliphatic carbocycles. The van der Waals surface area contributed by atoms with Crippen molar-refractivity contribution in [3.05, 3.63) is 51.9 Å². The fourth-order valence-electron chi connectivity index (χ4n) is 2.54. The van der Waals surface area contributed by atoms with Crippen molar-refractivity contribution in [3.63, 3.8) is 0 Å². The van der Waals surface area contributed by atoms with Crippen LogP contribution in [0.3, 0.4) is 0 Å². The first-order valence-electron chi connectivity index (χ1n) is 8.02. The third kappa shape index (κ3) is 3.65. The van der Waals surface area contributed by atoms with Crippen molar-refractivity contribution < 1.29 is 14.3 Å². The highest BCUT2D eigenvalue weighted by Gasteiger charge is 2.25. The molecule has 2 aromatic rings. The molecule has 1 aromatic carbocycles. The molecule has 1 atom stereocenters. The summed E-state index contributed by atoms with van der Waals surface area (Å²) in [7, 11) is 4.74. The van der Waals surface area contributed by atoms with E-state index in [1.54, 1.807) is 14.0 Å². The number of ether oxygens (including phenoxy) is 2. The highest BCUT2D eigenvalue weighted by Crippen LogP contribution is 2.24. The Kier molecular flexibility index (Phi) is 5.80. The van der Waals surface area contributed by atoms with E-state index in [0.717, 1.165) is 5.56 Å². The normalized spacial score (nSPS) is 11.7. The van der Waals surface area contributed by atoms with Gasteiger partial charge in [-0.2, -0.15) is 0 Å². The van der Waals surface area contributed by atoms with Gasteiger partial charge in [-0.05, 0) is 19.4 Å². The minimum atomic E-state index is -0.681. The number of rotatable bonds is 6. The number of anilines is 1. The molecule has 0 amide bonds. The molecule has 0 bridgehead atoms. The second-order valence-corrected chi connectivity index (χ2v) is 5.58. The average molecular weight is 345 g/mol. The van der Waals surface area contributed by atoms with Crippen LogP contribution in [-0.4, -0.2) is 36.3 Å². The lowest BCUT2D eigenvalue weighted by Crippen LogP contribution is -2.33. The molecule has 0 N–H and O–H groups in total. The molecule has 0 fully saturated rings. The van der Waals surface area contributed by atoms with E-state index in [1.165, 1.54) is 11.7 Å². The van der Waals surface area contributed by atoms with Crippen molar-refractivity contribution in [2.45, 2.75) is 19.9 Å². The van der Waals surface area contributed by atoms with Gasteiger partial charge in [0.05, 0.1) is 19.8 Å². The van der Waals surface area contributed by atoms with E-state index >= 15 is 0 Å². The molecule has 0 spiro atoms. The lowest BCUT2D eigenvalue weighted by molar-refractivity contribution is 0.0514. The summed E-state index contributed by atoms with van der Waals surface area (Å²) in [5.74, 6) is -0.449. The van der Waals surface area contributed by atoms with Crippen LogP contribution in [0.4, 0.5) is 5.95 Å². The minimum absolute atomic E-state index is 0.0530. The third-order valence-electron chi connectivity index (χ3n) is 4.08. The van der Waals surface area contributed by atoms with Crippen molar-refractivity contribution in [2.75, 3.05) is 25.7 Å². The van der Waals surface area contributed by atoms with E-state index in [2.05, 4.69) is 4.98 Å². The van der Waals surface area contributed by atoms with Crippen LogP contribution in [0.5, 0.6) is 5.75 Å². The van der Waals surface area contributed by atoms with Crippen molar-refractivity contribution >= 4 is 11.9 Å². The molecule has 0 radical (unpaired) electrons. The van der Waals surface area contributed by atoms with E-state index in [-0.39, 0.29) is 24.1 Å². The summed E-state index contributed by atoms with van der Waals surface area (Å²) in [4.78, 5) is 30.9. The van der Waals surface area contributed by atoms with Gasteiger partial charge in [0.1, 0.15) is 0 Å². The smallest absolute Gasteiger partial charge is 0.361 e. The molecule has 134 valence electrons. The van der Waals surface area contributed by atoms with Crippen LogP contribution in [0, 0.1) is 0 Å². The van der Waals surface area contributed by atoms with Crippen LogP contribution in [0.25, 0.3) is 0 Å². The quantitative estimate of drug-likeness (QED) is 0.747. The Hall–Kier alpha value is -2.83. The number of carbonyl (C=O) groups is 1. The molecular weight excluding hydrogens is 322 g/mol. The molecule has 0 saturated heterocycles. The summed E-state index contributed by atoms with van der Waals surface area (Å²) >= 11 is 0. The SMILES string of the molecule is CCOC(=O)c1nc(N(C)[C@@H](C)c2ccccc2)n(C)c(=O)c1OC. The predicted molar refractivity (Wildman–Crippen MR) is 95.2 cm³/mol. The summed E-state index contributed by atoms with van der Waals surface area (Å²) in [6.45, 7) is 3.87. The first-order chi connectivity index (χ1) is 11.9. The molecule has 7 nitrogen and oxygen atoms in total. The first-order valence-corrected chi connectivity index (χ1v) is 8.02. The Labute approximate surface area is 146 Å². The number of nitrogens with zero attached hydrogens (tertiary/aromatic N) is 3. The maximum atomic E-state index is 12.6. The monoisotopic (exact) mass is 345 g/mol. The van der Waals surface area contributed by atoms with Crippen molar-refractivity contribution in [2.24, 2.45) is 7.05 Å². The van der Waals surface area contributed by atoms with Crippen LogP contribution in [0.2, 0.25) is 0 Å². The number of aromatic nitrogens is 2. The van der Waals surface area contributed by atoms with E-state index in [0.29, 0.717) is 5.95 Å². The van der Waals surface area contributed by atoms with Crippen molar-refractivity contribution in [1.29, 1.82) is 0 Å². The van der Waals surface area contributed by atoms with Gasteiger partial charge in [-0.15, -0.1) is 0 Å². The Morgan fingerprint density at radius 2 is 1.96 bits per heavy atom. The largest absolute Gasteiger partial charge is 0.489 e. The van der Waals surface area contributed by atoms with Gasteiger partial charge in [0.25, 0.3) is 5.56 Å². The third-order valence-corrected chi connectivity index (χ3v) is 4.08. The standard InChI is InChI=1S/C18H23N3O4/c1-6-25-17(23)14-15(24-5)16(22)21(4)18(19-14)20(3)12(2)13-10-8-7-9-11-13/h7-12H,6H2,1-5H3/t12-/m0/s1. The number of hydrogen-bond donors (Lipinski definition) is 0. The average Bonchev–Trinajstić information content (AvgIpc) is 2.63. The van der Waals surface area contributed by atoms with Gasteiger partial charge in [0.15, 0.2) is 5.69 Å². The Morgan fingerprint density at radius 3 is 2.52 bits per heavy atom. The number of benzene rings is 1. The lowest BCUT2D eigenvalue weighted by atomic mass is 10.1. The van der Waals surface area contributed by atoms with Gasteiger partial charge in [-0.25, -0.2) is 9.78 Å². The van der Waals surface area contributed by atoms with Crippen LogP contribution in [0.1, 0.15) is 35.9 Å². The van der Waals surface area contributed by atoms with Crippen molar-refractivity contribution in [3.8, 4) is 5.75 Å². The van der Waals surface area contributed by atoms with Gasteiger partial charge in [-0.3, -0.25) is 9.36 Å². The lowest BCUT2D eigenvalue weighted by Gasteiger charge is -2.28. The van der Waals surface area contributed by atoms with E-state index in [9.17, 15) is 9.59 Å².